The maximum absolute atomic E-state index is 14.2. The highest BCUT2D eigenvalue weighted by Crippen LogP contribution is 2.30. The predicted octanol–water partition coefficient (Wildman–Crippen LogP) is 4.60. The van der Waals surface area contributed by atoms with Gasteiger partial charge in [-0.2, -0.15) is 0 Å². The van der Waals surface area contributed by atoms with Gasteiger partial charge in [0.05, 0.1) is 7.11 Å². The predicted molar refractivity (Wildman–Crippen MR) is 103 cm³/mol. The second-order valence-electron chi connectivity index (χ2n) is 6.39. The molecule has 0 saturated carbocycles. The summed E-state index contributed by atoms with van der Waals surface area (Å²) in [6, 6.07) is 13.1. The van der Waals surface area contributed by atoms with Crippen LogP contribution < -0.4 is 10.1 Å². The van der Waals surface area contributed by atoms with Crippen LogP contribution in [0.15, 0.2) is 54.9 Å². The number of rotatable bonds is 5. The van der Waals surface area contributed by atoms with Gasteiger partial charge in [-0.05, 0) is 54.4 Å². The number of hydrogen-bond acceptors (Lipinski definition) is 4. The molecule has 0 unspecified atom stereocenters. The monoisotopic (exact) mass is 380 g/mol. The SMILES string of the molecule is COc1cccc(F)c1CNc1ccc(-c2ccc(F)cc2C)c2nncn12. The first-order valence-electron chi connectivity index (χ1n) is 8.73. The number of methoxy groups -OCH3 is 1. The van der Waals surface area contributed by atoms with Gasteiger partial charge in [0.1, 0.15) is 29.5 Å². The molecule has 0 fully saturated rings. The smallest absolute Gasteiger partial charge is 0.170 e. The first-order valence-corrected chi connectivity index (χ1v) is 8.73. The van der Waals surface area contributed by atoms with E-state index in [1.807, 2.05) is 19.1 Å². The number of benzene rings is 2. The van der Waals surface area contributed by atoms with Gasteiger partial charge in [0, 0.05) is 17.7 Å². The van der Waals surface area contributed by atoms with Crippen molar-refractivity contribution in [1.29, 1.82) is 0 Å². The molecule has 2 aromatic carbocycles. The van der Waals surface area contributed by atoms with Crippen molar-refractivity contribution in [2.24, 2.45) is 0 Å². The first kappa shape index (κ1) is 17.9. The Morgan fingerprint density at radius 2 is 1.89 bits per heavy atom. The van der Waals surface area contributed by atoms with Crippen molar-refractivity contribution in [2.75, 3.05) is 12.4 Å². The van der Waals surface area contributed by atoms with E-state index in [1.165, 1.54) is 25.3 Å². The number of aromatic nitrogens is 3. The second-order valence-corrected chi connectivity index (χ2v) is 6.39. The molecule has 0 atom stereocenters. The summed E-state index contributed by atoms with van der Waals surface area (Å²) in [5, 5.41) is 11.4. The minimum atomic E-state index is -0.342. The molecule has 4 aromatic rings. The van der Waals surface area contributed by atoms with E-state index in [4.69, 9.17) is 4.74 Å². The lowest BCUT2D eigenvalue weighted by Crippen LogP contribution is -2.07. The highest BCUT2D eigenvalue weighted by molar-refractivity contribution is 5.80. The van der Waals surface area contributed by atoms with Crippen molar-refractivity contribution in [2.45, 2.75) is 13.5 Å². The van der Waals surface area contributed by atoms with Crippen LogP contribution in [0.2, 0.25) is 0 Å². The van der Waals surface area contributed by atoms with E-state index in [0.29, 0.717) is 22.8 Å². The maximum atomic E-state index is 14.2. The Hall–Kier alpha value is -3.48. The molecule has 0 aliphatic heterocycles. The Morgan fingerprint density at radius 1 is 1.07 bits per heavy atom. The van der Waals surface area contributed by atoms with E-state index in [-0.39, 0.29) is 18.2 Å². The first-order chi connectivity index (χ1) is 13.6. The molecule has 0 amide bonds. The Kier molecular flexibility index (Phi) is 4.65. The summed E-state index contributed by atoms with van der Waals surface area (Å²) in [5.41, 5.74) is 3.58. The maximum Gasteiger partial charge on any atom is 0.170 e. The van der Waals surface area contributed by atoms with Crippen LogP contribution in [-0.2, 0) is 6.54 Å². The third kappa shape index (κ3) is 3.15. The summed E-state index contributed by atoms with van der Waals surface area (Å²) >= 11 is 0. The van der Waals surface area contributed by atoms with Crippen molar-refractivity contribution in [1.82, 2.24) is 14.6 Å². The Bertz CT molecular complexity index is 1160. The van der Waals surface area contributed by atoms with E-state index < -0.39 is 0 Å². The van der Waals surface area contributed by atoms with Gasteiger partial charge in [-0.25, -0.2) is 8.78 Å². The van der Waals surface area contributed by atoms with Crippen molar-refractivity contribution in [3.05, 3.63) is 77.6 Å². The summed E-state index contributed by atoms with van der Waals surface area (Å²) in [7, 11) is 1.51. The van der Waals surface area contributed by atoms with Gasteiger partial charge in [0.15, 0.2) is 5.65 Å². The zero-order valence-electron chi connectivity index (χ0n) is 15.4. The van der Waals surface area contributed by atoms with Gasteiger partial charge in [0.2, 0.25) is 0 Å². The number of fused-ring (bicyclic) bond motifs is 1. The molecule has 5 nitrogen and oxygen atoms in total. The molecule has 2 aromatic heterocycles. The van der Waals surface area contributed by atoms with Crippen LogP contribution in [0, 0.1) is 18.6 Å². The minimum absolute atomic E-state index is 0.234. The van der Waals surface area contributed by atoms with E-state index in [2.05, 4.69) is 15.5 Å². The Balaban J connectivity index is 1.70. The highest BCUT2D eigenvalue weighted by atomic mass is 19.1. The summed E-state index contributed by atoms with van der Waals surface area (Å²) in [6.45, 7) is 2.08. The molecule has 7 heteroatoms. The summed E-state index contributed by atoms with van der Waals surface area (Å²) in [4.78, 5) is 0. The number of pyridine rings is 1. The molecule has 0 spiro atoms. The number of nitrogens with zero attached hydrogens (tertiary/aromatic N) is 3. The molecule has 142 valence electrons. The van der Waals surface area contributed by atoms with E-state index in [0.717, 1.165) is 16.7 Å². The molecule has 4 rings (SSSR count). The Labute approximate surface area is 160 Å². The molecule has 0 aliphatic rings. The molecule has 0 aliphatic carbocycles. The van der Waals surface area contributed by atoms with Gasteiger partial charge in [-0.15, -0.1) is 10.2 Å². The molecule has 0 bridgehead atoms. The van der Waals surface area contributed by atoms with Gasteiger partial charge in [-0.1, -0.05) is 12.1 Å². The molecule has 1 N–H and O–H groups in total. The third-order valence-electron chi connectivity index (χ3n) is 4.68. The molecule has 0 radical (unpaired) electrons. The average molecular weight is 380 g/mol. The molecule has 0 saturated heterocycles. The second kappa shape index (κ2) is 7.26. The van der Waals surface area contributed by atoms with Crippen molar-refractivity contribution in [3.63, 3.8) is 0 Å². The quantitative estimate of drug-likeness (QED) is 0.550. The zero-order valence-corrected chi connectivity index (χ0v) is 15.4. The lowest BCUT2D eigenvalue weighted by Gasteiger charge is -2.14. The van der Waals surface area contributed by atoms with Gasteiger partial charge < -0.3 is 10.1 Å². The van der Waals surface area contributed by atoms with Crippen LogP contribution in [0.25, 0.3) is 16.8 Å². The number of ether oxygens (including phenoxy) is 1. The molecular weight excluding hydrogens is 362 g/mol. The number of nitrogens with one attached hydrogen (secondary N) is 1. The fraction of sp³-hybridized carbons (Fsp3) is 0.143. The summed E-state index contributed by atoms with van der Waals surface area (Å²) < 4.78 is 34.7. The van der Waals surface area contributed by atoms with Gasteiger partial charge in [0.25, 0.3) is 0 Å². The summed E-state index contributed by atoms with van der Waals surface area (Å²) in [6.07, 6.45) is 1.58. The number of halogens is 2. The average Bonchev–Trinajstić information content (AvgIpc) is 3.17. The van der Waals surface area contributed by atoms with Crippen LogP contribution in [0.4, 0.5) is 14.6 Å². The van der Waals surface area contributed by atoms with Crippen LogP contribution in [0.5, 0.6) is 5.75 Å². The Morgan fingerprint density at radius 3 is 2.68 bits per heavy atom. The van der Waals surface area contributed by atoms with E-state index in [1.54, 1.807) is 28.9 Å². The number of anilines is 1. The minimum Gasteiger partial charge on any atom is -0.496 e. The fourth-order valence-corrected chi connectivity index (χ4v) is 3.28. The lowest BCUT2D eigenvalue weighted by atomic mass is 10.0. The largest absolute Gasteiger partial charge is 0.496 e. The zero-order chi connectivity index (χ0) is 19.7. The van der Waals surface area contributed by atoms with E-state index in [9.17, 15) is 8.78 Å². The lowest BCUT2D eigenvalue weighted by molar-refractivity contribution is 0.405. The topological polar surface area (TPSA) is 51.5 Å². The third-order valence-corrected chi connectivity index (χ3v) is 4.68. The van der Waals surface area contributed by atoms with Gasteiger partial charge in [-0.3, -0.25) is 4.40 Å². The fourth-order valence-electron chi connectivity index (χ4n) is 3.28. The van der Waals surface area contributed by atoms with Crippen LogP contribution in [0.1, 0.15) is 11.1 Å². The number of hydrogen-bond donors (Lipinski definition) is 1. The van der Waals surface area contributed by atoms with Crippen molar-refractivity contribution < 1.29 is 13.5 Å². The molecule has 2 heterocycles. The normalized spacial score (nSPS) is 11.0. The molecule has 28 heavy (non-hydrogen) atoms. The standard InChI is InChI=1S/C21H18F2N4O/c1-13-10-14(22)6-7-15(13)16-8-9-20(27-12-25-26-21(16)27)24-11-17-18(23)4-3-5-19(17)28-2/h3-10,12,24H,11H2,1-2H3. The van der Waals surface area contributed by atoms with Crippen LogP contribution >= 0.6 is 0 Å². The van der Waals surface area contributed by atoms with Crippen LogP contribution in [0.3, 0.4) is 0 Å². The van der Waals surface area contributed by atoms with Crippen molar-refractivity contribution >= 4 is 11.5 Å². The molecular formula is C21H18F2N4O. The van der Waals surface area contributed by atoms with E-state index >= 15 is 0 Å². The van der Waals surface area contributed by atoms with Crippen molar-refractivity contribution in [3.8, 4) is 16.9 Å². The highest BCUT2D eigenvalue weighted by Gasteiger charge is 2.14. The van der Waals surface area contributed by atoms with Crippen LogP contribution in [-0.4, -0.2) is 21.7 Å². The summed E-state index contributed by atoms with van der Waals surface area (Å²) in [5.74, 6) is 0.557. The van der Waals surface area contributed by atoms with Gasteiger partial charge >= 0.3 is 0 Å². The number of aryl methyl sites for hydroxylation is 1.